The lowest BCUT2D eigenvalue weighted by Crippen LogP contribution is -2.40. The number of hydrogen-bond donors (Lipinski definition) is 2. The quantitative estimate of drug-likeness (QED) is 0.699. The van der Waals surface area contributed by atoms with E-state index in [1.807, 2.05) is 19.0 Å². The first-order chi connectivity index (χ1) is 8.00. The fraction of sp³-hybridized carbons (Fsp3) is 0.500. The molecule has 1 rings (SSSR count). The Kier molecular flexibility index (Phi) is 4.65. The molecule has 0 saturated heterocycles. The van der Waals surface area contributed by atoms with Gasteiger partial charge in [0.2, 0.25) is 0 Å². The Morgan fingerprint density at radius 1 is 1.41 bits per heavy atom. The minimum absolute atomic E-state index is 0.296. The number of aromatic nitrogens is 2. The highest BCUT2D eigenvalue weighted by atomic mass is 16.4. The Morgan fingerprint density at radius 3 is 2.59 bits per heavy atom. The van der Waals surface area contributed by atoms with Gasteiger partial charge < -0.3 is 19.9 Å². The Bertz CT molecular complexity index is 375. The van der Waals surface area contributed by atoms with Crippen LogP contribution in [0.25, 0.3) is 0 Å². The fourth-order valence-corrected chi connectivity index (χ4v) is 1.28. The summed E-state index contributed by atoms with van der Waals surface area (Å²) in [6.45, 7) is 0.649. The summed E-state index contributed by atoms with van der Waals surface area (Å²) in [5.74, 6) is -1.39. The Labute approximate surface area is 99.1 Å². The largest absolute Gasteiger partial charge is 0.480 e. The molecule has 1 aromatic heterocycles. The van der Waals surface area contributed by atoms with Crippen molar-refractivity contribution in [2.75, 3.05) is 33.7 Å². The summed E-state index contributed by atoms with van der Waals surface area (Å²) in [6.07, 6.45) is 2.77. The number of carboxylic acids is 1. The predicted molar refractivity (Wildman–Crippen MR) is 60.7 cm³/mol. The number of carbonyl (C=O) groups excluding carboxylic acids is 1. The van der Waals surface area contributed by atoms with Crippen LogP contribution in [0.1, 0.15) is 10.5 Å². The second-order valence-electron chi connectivity index (χ2n) is 3.89. The summed E-state index contributed by atoms with van der Waals surface area (Å²) < 4.78 is 0. The SMILES string of the molecule is CN(C)CCN(CC(=O)O)C(=O)c1cnc[nH]1. The maximum Gasteiger partial charge on any atom is 0.323 e. The van der Waals surface area contributed by atoms with Crippen LogP contribution in [-0.4, -0.2) is 70.5 Å². The Morgan fingerprint density at radius 2 is 2.12 bits per heavy atom. The molecule has 0 spiro atoms. The number of aromatic amines is 1. The highest BCUT2D eigenvalue weighted by molar-refractivity contribution is 5.93. The zero-order chi connectivity index (χ0) is 12.8. The van der Waals surface area contributed by atoms with Crippen LogP contribution >= 0.6 is 0 Å². The molecule has 0 bridgehead atoms. The Hall–Kier alpha value is -1.89. The summed E-state index contributed by atoms with van der Waals surface area (Å²) in [7, 11) is 3.72. The molecule has 17 heavy (non-hydrogen) atoms. The van der Waals surface area contributed by atoms with Gasteiger partial charge in [0, 0.05) is 13.1 Å². The zero-order valence-electron chi connectivity index (χ0n) is 9.88. The van der Waals surface area contributed by atoms with Crippen molar-refractivity contribution >= 4 is 11.9 Å². The van der Waals surface area contributed by atoms with Crippen LogP contribution in [-0.2, 0) is 4.79 Å². The van der Waals surface area contributed by atoms with Gasteiger partial charge in [0.15, 0.2) is 0 Å². The van der Waals surface area contributed by atoms with E-state index in [0.717, 1.165) is 0 Å². The lowest BCUT2D eigenvalue weighted by Gasteiger charge is -2.21. The fourth-order valence-electron chi connectivity index (χ4n) is 1.28. The van der Waals surface area contributed by atoms with Crippen LogP contribution in [0.15, 0.2) is 12.5 Å². The van der Waals surface area contributed by atoms with Gasteiger partial charge in [0.1, 0.15) is 12.2 Å². The van der Waals surface area contributed by atoms with Crippen molar-refractivity contribution in [1.82, 2.24) is 19.8 Å². The van der Waals surface area contributed by atoms with Gasteiger partial charge >= 0.3 is 5.97 Å². The van der Waals surface area contributed by atoms with Crippen molar-refractivity contribution in [3.63, 3.8) is 0 Å². The van der Waals surface area contributed by atoms with Crippen LogP contribution < -0.4 is 0 Å². The van der Waals surface area contributed by atoms with E-state index >= 15 is 0 Å². The van der Waals surface area contributed by atoms with Crippen LogP contribution in [0.2, 0.25) is 0 Å². The maximum atomic E-state index is 11.9. The van der Waals surface area contributed by atoms with E-state index in [1.165, 1.54) is 17.4 Å². The van der Waals surface area contributed by atoms with E-state index in [4.69, 9.17) is 5.11 Å². The molecule has 0 fully saturated rings. The first-order valence-electron chi connectivity index (χ1n) is 5.15. The number of rotatable bonds is 6. The van der Waals surface area contributed by atoms with Gasteiger partial charge in [-0.2, -0.15) is 0 Å². The van der Waals surface area contributed by atoms with Crippen molar-refractivity contribution in [2.45, 2.75) is 0 Å². The maximum absolute atomic E-state index is 11.9. The molecule has 7 nitrogen and oxygen atoms in total. The van der Waals surface area contributed by atoms with Crippen LogP contribution in [0.5, 0.6) is 0 Å². The summed E-state index contributed by atoms with van der Waals surface area (Å²) in [6, 6.07) is 0. The molecule has 94 valence electrons. The van der Waals surface area contributed by atoms with E-state index in [1.54, 1.807) is 0 Å². The smallest absolute Gasteiger partial charge is 0.323 e. The number of carbonyl (C=O) groups is 2. The summed E-state index contributed by atoms with van der Waals surface area (Å²) in [5.41, 5.74) is 0.296. The molecule has 0 aliphatic heterocycles. The number of likely N-dealkylation sites (N-methyl/N-ethyl adjacent to an activating group) is 1. The van der Waals surface area contributed by atoms with Crippen molar-refractivity contribution in [1.29, 1.82) is 0 Å². The van der Waals surface area contributed by atoms with Gasteiger partial charge in [0.05, 0.1) is 12.5 Å². The molecule has 0 aliphatic carbocycles. The highest BCUT2D eigenvalue weighted by Crippen LogP contribution is 2.00. The molecule has 7 heteroatoms. The highest BCUT2D eigenvalue weighted by Gasteiger charge is 2.19. The van der Waals surface area contributed by atoms with Crippen molar-refractivity contribution in [2.24, 2.45) is 0 Å². The normalized spacial score (nSPS) is 10.5. The monoisotopic (exact) mass is 240 g/mol. The number of H-pyrrole nitrogens is 1. The van der Waals surface area contributed by atoms with E-state index in [2.05, 4.69) is 9.97 Å². The molecule has 2 N–H and O–H groups in total. The second-order valence-corrected chi connectivity index (χ2v) is 3.89. The summed E-state index contributed by atoms with van der Waals surface area (Å²) in [5, 5.41) is 8.76. The molecule has 0 radical (unpaired) electrons. The summed E-state index contributed by atoms with van der Waals surface area (Å²) >= 11 is 0. The van der Waals surface area contributed by atoms with Crippen LogP contribution in [0.4, 0.5) is 0 Å². The van der Waals surface area contributed by atoms with Gasteiger partial charge in [-0.1, -0.05) is 0 Å². The van der Waals surface area contributed by atoms with Gasteiger partial charge in [-0.05, 0) is 14.1 Å². The molecule has 0 aliphatic rings. The lowest BCUT2D eigenvalue weighted by molar-refractivity contribution is -0.137. The van der Waals surface area contributed by atoms with E-state index in [9.17, 15) is 9.59 Å². The third-order valence-electron chi connectivity index (χ3n) is 2.16. The molecule has 1 aromatic rings. The number of nitrogens with zero attached hydrogens (tertiary/aromatic N) is 3. The standard InChI is InChI=1S/C10H16N4O3/c1-13(2)3-4-14(6-9(15)16)10(17)8-5-11-7-12-8/h5,7H,3-4,6H2,1-2H3,(H,11,12)(H,15,16). The van der Waals surface area contributed by atoms with E-state index in [-0.39, 0.29) is 12.5 Å². The van der Waals surface area contributed by atoms with Crippen molar-refractivity contribution in [3.05, 3.63) is 18.2 Å². The molecule has 0 unspecified atom stereocenters. The molecule has 1 amide bonds. The first-order valence-corrected chi connectivity index (χ1v) is 5.15. The average Bonchev–Trinajstić information content (AvgIpc) is 2.75. The average molecular weight is 240 g/mol. The first kappa shape index (κ1) is 13.2. The number of hydrogen-bond acceptors (Lipinski definition) is 4. The number of carboxylic acid groups (broad SMARTS) is 1. The topological polar surface area (TPSA) is 89.5 Å². The third kappa shape index (κ3) is 4.23. The van der Waals surface area contributed by atoms with Gasteiger partial charge in [-0.15, -0.1) is 0 Å². The number of aliphatic carboxylic acids is 1. The number of amides is 1. The van der Waals surface area contributed by atoms with E-state index < -0.39 is 5.97 Å². The number of nitrogens with one attached hydrogen (secondary N) is 1. The predicted octanol–water partition coefficient (Wildman–Crippen LogP) is -0.502. The summed E-state index contributed by atoms with van der Waals surface area (Å²) in [4.78, 5) is 32.2. The number of imidazole rings is 1. The molecular formula is C10H16N4O3. The van der Waals surface area contributed by atoms with Gasteiger partial charge in [-0.3, -0.25) is 9.59 Å². The molecule has 0 atom stereocenters. The van der Waals surface area contributed by atoms with Crippen LogP contribution in [0.3, 0.4) is 0 Å². The minimum atomic E-state index is -1.03. The van der Waals surface area contributed by atoms with Gasteiger partial charge in [0.25, 0.3) is 5.91 Å². The van der Waals surface area contributed by atoms with E-state index in [0.29, 0.717) is 18.8 Å². The van der Waals surface area contributed by atoms with Gasteiger partial charge in [-0.25, -0.2) is 4.98 Å². The molecule has 1 heterocycles. The van der Waals surface area contributed by atoms with Crippen molar-refractivity contribution in [3.8, 4) is 0 Å². The molecule has 0 aromatic carbocycles. The second kappa shape index (κ2) is 6.00. The molecular weight excluding hydrogens is 224 g/mol. The third-order valence-corrected chi connectivity index (χ3v) is 2.16. The Balaban J connectivity index is 2.68. The van der Waals surface area contributed by atoms with Crippen molar-refractivity contribution < 1.29 is 14.7 Å². The van der Waals surface area contributed by atoms with Crippen LogP contribution in [0, 0.1) is 0 Å². The zero-order valence-corrected chi connectivity index (χ0v) is 9.88. The minimum Gasteiger partial charge on any atom is -0.480 e. The molecule has 0 saturated carbocycles. The lowest BCUT2D eigenvalue weighted by atomic mass is 10.3.